The summed E-state index contributed by atoms with van der Waals surface area (Å²) < 4.78 is 0. The third-order valence-corrected chi connectivity index (χ3v) is 3.74. The van der Waals surface area contributed by atoms with Crippen LogP contribution in [0.5, 0.6) is 5.75 Å². The SMILES string of the molecule is Cc1ccc(OOCc2ccc(-c3ccc(C)cc3)cc2)cc1. The van der Waals surface area contributed by atoms with Gasteiger partial charge in [0.1, 0.15) is 6.61 Å². The summed E-state index contributed by atoms with van der Waals surface area (Å²) in [7, 11) is 0. The van der Waals surface area contributed by atoms with Crippen LogP contribution in [-0.4, -0.2) is 0 Å². The highest BCUT2D eigenvalue weighted by atomic mass is 17.2. The smallest absolute Gasteiger partial charge is 0.165 e. The van der Waals surface area contributed by atoms with Gasteiger partial charge >= 0.3 is 0 Å². The first kappa shape index (κ1) is 15.3. The van der Waals surface area contributed by atoms with Crippen molar-refractivity contribution in [3.05, 3.63) is 89.5 Å². The van der Waals surface area contributed by atoms with Gasteiger partial charge in [0.25, 0.3) is 0 Å². The van der Waals surface area contributed by atoms with E-state index in [9.17, 15) is 0 Å². The number of hydrogen-bond acceptors (Lipinski definition) is 2. The number of rotatable bonds is 5. The molecule has 23 heavy (non-hydrogen) atoms. The lowest BCUT2D eigenvalue weighted by Gasteiger charge is -2.07. The minimum Gasteiger partial charge on any atom is -0.337 e. The Morgan fingerprint density at radius 3 is 1.65 bits per heavy atom. The van der Waals surface area contributed by atoms with Gasteiger partial charge < -0.3 is 4.89 Å². The second kappa shape index (κ2) is 7.12. The normalized spacial score (nSPS) is 10.5. The Hall–Kier alpha value is -2.58. The molecule has 0 bridgehead atoms. The van der Waals surface area contributed by atoms with Crippen LogP contribution >= 0.6 is 0 Å². The molecule has 0 saturated heterocycles. The van der Waals surface area contributed by atoms with Crippen molar-refractivity contribution in [3.63, 3.8) is 0 Å². The van der Waals surface area contributed by atoms with Gasteiger partial charge in [-0.25, -0.2) is 0 Å². The van der Waals surface area contributed by atoms with Crippen LogP contribution in [0.3, 0.4) is 0 Å². The molecule has 3 rings (SSSR count). The quantitative estimate of drug-likeness (QED) is 0.459. The predicted octanol–water partition coefficient (Wildman–Crippen LogP) is 5.48. The zero-order valence-corrected chi connectivity index (χ0v) is 13.5. The molecule has 0 spiro atoms. The molecule has 0 aliphatic rings. The Balaban J connectivity index is 1.57. The molecular weight excluding hydrogens is 284 g/mol. The predicted molar refractivity (Wildman–Crippen MR) is 93.2 cm³/mol. The summed E-state index contributed by atoms with van der Waals surface area (Å²) in [5.41, 5.74) is 5.97. The van der Waals surface area contributed by atoms with Gasteiger partial charge in [-0.15, -0.1) is 0 Å². The largest absolute Gasteiger partial charge is 0.337 e. The molecule has 0 amide bonds. The third-order valence-electron chi connectivity index (χ3n) is 3.74. The summed E-state index contributed by atoms with van der Waals surface area (Å²) in [6, 6.07) is 24.7. The van der Waals surface area contributed by atoms with E-state index in [0.29, 0.717) is 12.4 Å². The van der Waals surface area contributed by atoms with Gasteiger partial charge in [0, 0.05) is 0 Å². The van der Waals surface area contributed by atoms with Crippen molar-refractivity contribution in [2.75, 3.05) is 0 Å². The van der Waals surface area contributed by atoms with Crippen LogP contribution in [-0.2, 0) is 11.5 Å². The molecule has 0 N–H and O–H groups in total. The van der Waals surface area contributed by atoms with Gasteiger partial charge in [0.15, 0.2) is 5.75 Å². The molecule has 3 aromatic carbocycles. The van der Waals surface area contributed by atoms with Crippen molar-refractivity contribution in [3.8, 4) is 16.9 Å². The molecule has 0 aliphatic heterocycles. The van der Waals surface area contributed by atoms with E-state index in [1.165, 1.54) is 22.3 Å². The molecule has 0 aliphatic carbocycles. The molecular formula is C21H20O2. The zero-order valence-electron chi connectivity index (χ0n) is 13.5. The third kappa shape index (κ3) is 4.21. The molecule has 2 heteroatoms. The first-order valence-corrected chi connectivity index (χ1v) is 7.73. The van der Waals surface area contributed by atoms with Crippen LogP contribution in [0.1, 0.15) is 16.7 Å². The van der Waals surface area contributed by atoms with Crippen molar-refractivity contribution < 1.29 is 9.78 Å². The summed E-state index contributed by atoms with van der Waals surface area (Å²) in [5.74, 6) is 0.715. The van der Waals surface area contributed by atoms with Crippen molar-refractivity contribution in [2.24, 2.45) is 0 Å². The Labute approximate surface area is 137 Å². The average Bonchev–Trinajstić information content (AvgIpc) is 2.58. The van der Waals surface area contributed by atoms with E-state index in [4.69, 9.17) is 9.78 Å². The fourth-order valence-electron chi connectivity index (χ4n) is 2.30. The molecule has 0 radical (unpaired) electrons. The van der Waals surface area contributed by atoms with Gasteiger partial charge in [-0.1, -0.05) is 71.8 Å². The summed E-state index contributed by atoms with van der Waals surface area (Å²) in [5, 5.41) is 0. The Morgan fingerprint density at radius 2 is 1.09 bits per heavy atom. The van der Waals surface area contributed by atoms with Crippen molar-refractivity contribution in [2.45, 2.75) is 20.5 Å². The second-order valence-corrected chi connectivity index (χ2v) is 5.72. The molecule has 3 aromatic rings. The molecule has 0 aromatic heterocycles. The van der Waals surface area contributed by atoms with E-state index in [-0.39, 0.29) is 0 Å². The highest BCUT2D eigenvalue weighted by Crippen LogP contribution is 2.20. The molecule has 0 atom stereocenters. The van der Waals surface area contributed by atoms with Gasteiger partial charge in [-0.2, -0.15) is 4.89 Å². The lowest BCUT2D eigenvalue weighted by molar-refractivity contribution is -0.217. The molecule has 2 nitrogen and oxygen atoms in total. The second-order valence-electron chi connectivity index (χ2n) is 5.72. The topological polar surface area (TPSA) is 18.5 Å². The first-order valence-electron chi connectivity index (χ1n) is 7.73. The first-order chi connectivity index (χ1) is 11.2. The van der Waals surface area contributed by atoms with Crippen molar-refractivity contribution in [1.29, 1.82) is 0 Å². The monoisotopic (exact) mass is 304 g/mol. The van der Waals surface area contributed by atoms with Gasteiger partial charge in [0.05, 0.1) is 0 Å². The average molecular weight is 304 g/mol. The minimum absolute atomic E-state index is 0.419. The van der Waals surface area contributed by atoms with Crippen LogP contribution < -0.4 is 4.89 Å². The van der Waals surface area contributed by atoms with E-state index < -0.39 is 0 Å². The van der Waals surface area contributed by atoms with Gasteiger partial charge in [0.2, 0.25) is 0 Å². The molecule has 0 fully saturated rings. The maximum atomic E-state index is 5.31. The molecule has 0 saturated carbocycles. The van der Waals surface area contributed by atoms with Crippen molar-refractivity contribution >= 4 is 0 Å². The zero-order chi connectivity index (χ0) is 16.1. The van der Waals surface area contributed by atoms with Crippen LogP contribution in [0.4, 0.5) is 0 Å². The minimum atomic E-state index is 0.419. The summed E-state index contributed by atoms with van der Waals surface area (Å²) >= 11 is 0. The summed E-state index contributed by atoms with van der Waals surface area (Å²) in [6.07, 6.45) is 0. The Kier molecular flexibility index (Phi) is 4.74. The Bertz CT molecular complexity index is 741. The molecule has 0 unspecified atom stereocenters. The highest BCUT2D eigenvalue weighted by Gasteiger charge is 2.00. The Morgan fingerprint density at radius 1 is 0.609 bits per heavy atom. The standard InChI is InChI=1S/C21H20O2/c1-16-3-9-19(10-4-16)20-11-7-18(8-12-20)15-22-23-21-13-5-17(2)6-14-21/h3-14H,15H2,1-2H3. The van der Waals surface area contributed by atoms with E-state index in [2.05, 4.69) is 55.5 Å². The van der Waals surface area contributed by atoms with Crippen molar-refractivity contribution in [1.82, 2.24) is 0 Å². The highest BCUT2D eigenvalue weighted by molar-refractivity contribution is 5.63. The van der Waals surface area contributed by atoms with E-state index in [1.807, 2.05) is 31.2 Å². The lowest BCUT2D eigenvalue weighted by atomic mass is 10.0. The lowest BCUT2D eigenvalue weighted by Crippen LogP contribution is -1.97. The maximum Gasteiger partial charge on any atom is 0.165 e. The van der Waals surface area contributed by atoms with Gasteiger partial charge in [-0.05, 0) is 42.7 Å². The fourth-order valence-corrected chi connectivity index (χ4v) is 2.30. The fraction of sp³-hybridized carbons (Fsp3) is 0.143. The number of hydrogen-bond donors (Lipinski definition) is 0. The van der Waals surface area contributed by atoms with Crippen LogP contribution in [0, 0.1) is 13.8 Å². The number of aryl methyl sites for hydroxylation is 2. The molecule has 0 heterocycles. The van der Waals surface area contributed by atoms with E-state index >= 15 is 0 Å². The summed E-state index contributed by atoms with van der Waals surface area (Å²) in [4.78, 5) is 10.6. The van der Waals surface area contributed by atoms with Crippen LogP contribution in [0.15, 0.2) is 72.8 Å². The summed E-state index contributed by atoms with van der Waals surface area (Å²) in [6.45, 7) is 4.56. The van der Waals surface area contributed by atoms with E-state index in [1.54, 1.807) is 0 Å². The van der Waals surface area contributed by atoms with E-state index in [0.717, 1.165) is 5.56 Å². The maximum absolute atomic E-state index is 5.31. The van der Waals surface area contributed by atoms with Crippen LogP contribution in [0.25, 0.3) is 11.1 Å². The number of benzene rings is 3. The molecule has 116 valence electrons. The van der Waals surface area contributed by atoms with Crippen LogP contribution in [0.2, 0.25) is 0 Å². The van der Waals surface area contributed by atoms with Gasteiger partial charge in [-0.3, -0.25) is 0 Å².